The van der Waals surface area contributed by atoms with Crippen molar-refractivity contribution in [3.63, 3.8) is 0 Å². The van der Waals surface area contributed by atoms with Gasteiger partial charge in [0.2, 0.25) is 0 Å². The highest BCUT2D eigenvalue weighted by molar-refractivity contribution is 7.09. The van der Waals surface area contributed by atoms with E-state index in [1.165, 1.54) is 0 Å². The molecule has 0 atom stereocenters. The van der Waals surface area contributed by atoms with Gasteiger partial charge in [-0.05, 0) is 18.6 Å². The monoisotopic (exact) mass is 277 g/mol. The molecule has 0 saturated carbocycles. The maximum Gasteiger partial charge on any atom is 0.335 e. The smallest absolute Gasteiger partial charge is 0.335 e. The summed E-state index contributed by atoms with van der Waals surface area (Å²) >= 11 is 1.59. The van der Waals surface area contributed by atoms with Crippen molar-refractivity contribution in [1.82, 2.24) is 4.98 Å². The van der Waals surface area contributed by atoms with Crippen LogP contribution in [0, 0.1) is 0 Å². The van der Waals surface area contributed by atoms with Gasteiger partial charge in [-0.1, -0.05) is 12.1 Å². The van der Waals surface area contributed by atoms with E-state index in [1.54, 1.807) is 36.6 Å². The minimum Gasteiger partial charge on any atom is -0.478 e. The molecule has 19 heavy (non-hydrogen) atoms. The average Bonchev–Trinajstić information content (AvgIpc) is 2.88. The quantitative estimate of drug-likeness (QED) is 0.824. The number of aromatic carboxylic acids is 1. The van der Waals surface area contributed by atoms with Crippen LogP contribution in [0.25, 0.3) is 11.3 Å². The number of ether oxygens (including phenoxy) is 1. The van der Waals surface area contributed by atoms with Gasteiger partial charge in [-0.3, -0.25) is 0 Å². The summed E-state index contributed by atoms with van der Waals surface area (Å²) in [5, 5.41) is 12.0. The zero-order valence-electron chi connectivity index (χ0n) is 10.6. The van der Waals surface area contributed by atoms with Gasteiger partial charge in [0.15, 0.2) is 0 Å². The van der Waals surface area contributed by atoms with Crippen LogP contribution in [-0.4, -0.2) is 29.8 Å². The van der Waals surface area contributed by atoms with E-state index in [-0.39, 0.29) is 5.56 Å². The van der Waals surface area contributed by atoms with Crippen molar-refractivity contribution < 1.29 is 14.6 Å². The zero-order valence-corrected chi connectivity index (χ0v) is 11.4. The SMILES string of the molecule is COCCCc1nc(-c2cccc(C(=O)O)c2)cs1. The minimum atomic E-state index is -0.919. The van der Waals surface area contributed by atoms with Gasteiger partial charge in [-0.15, -0.1) is 11.3 Å². The predicted octanol–water partition coefficient (Wildman–Crippen LogP) is 3.09. The Hall–Kier alpha value is -1.72. The molecular formula is C14H15NO3S. The number of hydrogen-bond acceptors (Lipinski definition) is 4. The summed E-state index contributed by atoms with van der Waals surface area (Å²) in [6, 6.07) is 6.84. The van der Waals surface area contributed by atoms with Crippen LogP contribution in [0.1, 0.15) is 21.8 Å². The van der Waals surface area contributed by atoms with E-state index < -0.39 is 5.97 Å². The number of rotatable bonds is 6. The Morgan fingerprint density at radius 2 is 2.32 bits per heavy atom. The van der Waals surface area contributed by atoms with Crippen LogP contribution in [0.5, 0.6) is 0 Å². The second-order valence-electron chi connectivity index (χ2n) is 4.11. The molecule has 1 aromatic carbocycles. The zero-order chi connectivity index (χ0) is 13.7. The van der Waals surface area contributed by atoms with Crippen LogP contribution in [0.2, 0.25) is 0 Å². The number of hydrogen-bond donors (Lipinski definition) is 1. The fourth-order valence-electron chi connectivity index (χ4n) is 1.74. The molecule has 0 radical (unpaired) electrons. The number of carboxylic acid groups (broad SMARTS) is 1. The van der Waals surface area contributed by atoms with Crippen LogP contribution < -0.4 is 0 Å². The molecule has 0 saturated heterocycles. The van der Waals surface area contributed by atoms with Gasteiger partial charge < -0.3 is 9.84 Å². The van der Waals surface area contributed by atoms with Crippen molar-refractivity contribution in [3.8, 4) is 11.3 Å². The molecule has 0 aliphatic rings. The second-order valence-corrected chi connectivity index (χ2v) is 5.05. The number of methoxy groups -OCH3 is 1. The van der Waals surface area contributed by atoms with E-state index in [1.807, 2.05) is 11.4 Å². The minimum absolute atomic E-state index is 0.284. The lowest BCUT2D eigenvalue weighted by molar-refractivity contribution is 0.0697. The maximum atomic E-state index is 10.9. The van der Waals surface area contributed by atoms with Gasteiger partial charge in [-0.25, -0.2) is 9.78 Å². The average molecular weight is 277 g/mol. The van der Waals surface area contributed by atoms with E-state index in [2.05, 4.69) is 4.98 Å². The summed E-state index contributed by atoms with van der Waals surface area (Å²) in [7, 11) is 1.69. The van der Waals surface area contributed by atoms with Crippen molar-refractivity contribution in [1.29, 1.82) is 0 Å². The molecule has 2 aromatic rings. The Labute approximate surface area is 115 Å². The third-order valence-corrected chi connectivity index (χ3v) is 3.60. The largest absolute Gasteiger partial charge is 0.478 e. The molecule has 1 aromatic heterocycles. The number of nitrogens with zero attached hydrogens (tertiary/aromatic N) is 1. The summed E-state index contributed by atoms with van der Waals surface area (Å²) < 4.78 is 5.01. The molecule has 0 bridgehead atoms. The van der Waals surface area contributed by atoms with Crippen LogP contribution in [0.3, 0.4) is 0 Å². The molecule has 0 aliphatic heterocycles. The van der Waals surface area contributed by atoms with Crippen LogP contribution >= 0.6 is 11.3 Å². The van der Waals surface area contributed by atoms with Gasteiger partial charge in [0.05, 0.1) is 16.3 Å². The Morgan fingerprint density at radius 1 is 1.47 bits per heavy atom. The summed E-state index contributed by atoms with van der Waals surface area (Å²) in [5.74, 6) is -0.919. The van der Waals surface area contributed by atoms with Crippen molar-refractivity contribution in [2.75, 3.05) is 13.7 Å². The number of aryl methyl sites for hydroxylation is 1. The molecule has 0 aliphatic carbocycles. The summed E-state index contributed by atoms with van der Waals surface area (Å²) in [4.78, 5) is 15.5. The Balaban J connectivity index is 2.13. The molecule has 0 unspecified atom stereocenters. The number of aromatic nitrogens is 1. The fourth-order valence-corrected chi connectivity index (χ4v) is 2.59. The summed E-state index contributed by atoms with van der Waals surface area (Å²) in [6.07, 6.45) is 1.83. The predicted molar refractivity (Wildman–Crippen MR) is 74.7 cm³/mol. The van der Waals surface area contributed by atoms with Gasteiger partial charge in [-0.2, -0.15) is 0 Å². The van der Waals surface area contributed by atoms with Gasteiger partial charge in [0, 0.05) is 31.1 Å². The Bertz CT molecular complexity index is 565. The first kappa shape index (κ1) is 13.7. The fraction of sp³-hybridized carbons (Fsp3) is 0.286. The molecule has 0 fully saturated rings. The lowest BCUT2D eigenvalue weighted by atomic mass is 10.1. The number of benzene rings is 1. The van der Waals surface area contributed by atoms with Crippen LogP contribution in [-0.2, 0) is 11.2 Å². The van der Waals surface area contributed by atoms with Crippen molar-refractivity contribution in [3.05, 3.63) is 40.2 Å². The highest BCUT2D eigenvalue weighted by Crippen LogP contribution is 2.23. The first-order chi connectivity index (χ1) is 9.20. The normalized spacial score (nSPS) is 10.6. The molecule has 2 rings (SSSR count). The molecule has 0 amide bonds. The second kappa shape index (κ2) is 6.45. The van der Waals surface area contributed by atoms with Crippen molar-refractivity contribution in [2.45, 2.75) is 12.8 Å². The molecule has 0 spiro atoms. The summed E-state index contributed by atoms with van der Waals surface area (Å²) in [6.45, 7) is 0.726. The van der Waals surface area contributed by atoms with Gasteiger partial charge in [0.1, 0.15) is 0 Å². The van der Waals surface area contributed by atoms with Crippen LogP contribution in [0.15, 0.2) is 29.6 Å². The molecule has 1 heterocycles. The van der Waals surface area contributed by atoms with Gasteiger partial charge in [0.25, 0.3) is 0 Å². The number of carbonyl (C=O) groups is 1. The molecule has 1 N–H and O–H groups in total. The van der Waals surface area contributed by atoms with Crippen molar-refractivity contribution in [2.24, 2.45) is 0 Å². The molecular weight excluding hydrogens is 262 g/mol. The van der Waals surface area contributed by atoms with E-state index in [0.29, 0.717) is 0 Å². The van der Waals surface area contributed by atoms with E-state index in [9.17, 15) is 4.79 Å². The van der Waals surface area contributed by atoms with E-state index >= 15 is 0 Å². The Kier molecular flexibility index (Phi) is 4.65. The maximum absolute atomic E-state index is 10.9. The summed E-state index contributed by atoms with van der Waals surface area (Å²) in [5.41, 5.74) is 1.96. The topological polar surface area (TPSA) is 59.4 Å². The third-order valence-electron chi connectivity index (χ3n) is 2.70. The Morgan fingerprint density at radius 3 is 3.05 bits per heavy atom. The number of carboxylic acids is 1. The van der Waals surface area contributed by atoms with E-state index in [4.69, 9.17) is 9.84 Å². The first-order valence-electron chi connectivity index (χ1n) is 5.98. The van der Waals surface area contributed by atoms with Crippen molar-refractivity contribution >= 4 is 17.3 Å². The molecule has 100 valence electrons. The number of thiazole rings is 1. The van der Waals surface area contributed by atoms with Gasteiger partial charge >= 0.3 is 5.97 Å². The molecule has 5 heteroatoms. The highest BCUT2D eigenvalue weighted by Gasteiger charge is 2.08. The first-order valence-corrected chi connectivity index (χ1v) is 6.85. The highest BCUT2D eigenvalue weighted by atomic mass is 32.1. The lowest BCUT2D eigenvalue weighted by Crippen LogP contribution is -1.96. The lowest BCUT2D eigenvalue weighted by Gasteiger charge is -1.99. The molecule has 4 nitrogen and oxygen atoms in total. The third kappa shape index (κ3) is 3.62. The van der Waals surface area contributed by atoms with Crippen LogP contribution in [0.4, 0.5) is 0 Å². The standard InChI is InChI=1S/C14H15NO3S/c1-18-7-3-6-13-15-12(9-19-13)10-4-2-5-11(8-10)14(16)17/h2,4-5,8-9H,3,6-7H2,1H3,(H,16,17). The van der Waals surface area contributed by atoms with E-state index in [0.717, 1.165) is 35.7 Å².